The van der Waals surface area contributed by atoms with Crippen molar-refractivity contribution in [1.29, 1.82) is 5.26 Å². The van der Waals surface area contributed by atoms with Crippen LogP contribution in [0, 0.1) is 25.2 Å². The van der Waals surface area contributed by atoms with E-state index in [4.69, 9.17) is 0 Å². The van der Waals surface area contributed by atoms with Gasteiger partial charge < -0.3 is 5.11 Å². The van der Waals surface area contributed by atoms with Crippen molar-refractivity contribution in [2.24, 2.45) is 0 Å². The molecule has 144 valence electrons. The van der Waals surface area contributed by atoms with E-state index in [1.54, 1.807) is 0 Å². The monoisotopic (exact) mass is 402 g/mol. The maximum absolute atomic E-state index is 12.5. The Kier molecular flexibility index (Phi) is 7.21. The predicted octanol–water partition coefficient (Wildman–Crippen LogP) is 4.13. The van der Waals surface area contributed by atoms with Crippen LogP contribution in [0.2, 0.25) is 0 Å². The zero-order valence-corrected chi connectivity index (χ0v) is 18.1. The molecule has 0 aliphatic carbocycles. The van der Waals surface area contributed by atoms with E-state index >= 15 is 0 Å². The van der Waals surface area contributed by atoms with Crippen molar-refractivity contribution in [3.05, 3.63) is 52.7 Å². The average Bonchev–Trinajstić information content (AvgIpc) is 2.59. The normalized spacial score (nSPS) is 13.8. The molecule has 0 saturated heterocycles. The summed E-state index contributed by atoms with van der Waals surface area (Å²) in [5.74, 6) is 0.505. The van der Waals surface area contributed by atoms with Gasteiger partial charge in [-0.15, -0.1) is 11.8 Å². The highest BCUT2D eigenvalue weighted by Crippen LogP contribution is 2.25. The Morgan fingerprint density at radius 1 is 1.26 bits per heavy atom. The number of aryl methyl sites for hydroxylation is 2. The van der Waals surface area contributed by atoms with Crippen LogP contribution in [-0.4, -0.2) is 31.9 Å². The van der Waals surface area contributed by atoms with Crippen molar-refractivity contribution in [3.8, 4) is 6.07 Å². The number of benzene rings is 1. The molecule has 1 N–H and O–H groups in total. The van der Waals surface area contributed by atoms with Gasteiger partial charge in [-0.05, 0) is 48.6 Å². The summed E-state index contributed by atoms with van der Waals surface area (Å²) in [4.78, 5) is 5.12. The van der Waals surface area contributed by atoms with Crippen LogP contribution in [-0.2, 0) is 16.2 Å². The number of hydrogen-bond acceptors (Lipinski definition) is 5. The number of rotatable bonds is 6. The number of aliphatic hydroxyl groups excluding tert-OH is 1. The van der Waals surface area contributed by atoms with Gasteiger partial charge >= 0.3 is 0 Å². The minimum Gasteiger partial charge on any atom is -0.391 e. The molecule has 1 heterocycles. The van der Waals surface area contributed by atoms with E-state index in [0.29, 0.717) is 21.2 Å². The molecule has 0 aliphatic rings. The molecule has 0 bridgehead atoms. The lowest BCUT2D eigenvalue weighted by Gasteiger charge is -2.19. The fraction of sp³-hybridized carbons (Fsp3) is 0.429. The molecule has 0 aliphatic heterocycles. The van der Waals surface area contributed by atoms with Crippen LogP contribution >= 0.6 is 11.8 Å². The molecule has 2 rings (SSSR count). The third-order valence-electron chi connectivity index (χ3n) is 4.16. The summed E-state index contributed by atoms with van der Waals surface area (Å²) in [5, 5.41) is 20.2. The molecular weight excluding hydrogens is 376 g/mol. The van der Waals surface area contributed by atoms with Gasteiger partial charge in [-0.2, -0.15) is 5.26 Å². The summed E-state index contributed by atoms with van der Waals surface area (Å²) < 4.78 is 12.5. The molecule has 6 heteroatoms. The van der Waals surface area contributed by atoms with Crippen LogP contribution in [0.15, 0.2) is 40.3 Å². The van der Waals surface area contributed by atoms with E-state index in [1.165, 1.54) is 17.3 Å². The lowest BCUT2D eigenvalue weighted by Crippen LogP contribution is -2.20. The van der Waals surface area contributed by atoms with E-state index in [9.17, 15) is 14.6 Å². The molecule has 0 saturated carbocycles. The molecule has 0 fully saturated rings. The standard InChI is InChI=1S/C21H26N2O2S2/c1-14-10-15(2)23-20(19(14)11-22)26-12-17(24)13-27(25)18-8-6-16(7-9-18)21(3,4)5/h6-10,17,24H,12-13H2,1-5H3/t17-,27+/m1/s1. The van der Waals surface area contributed by atoms with Crippen molar-refractivity contribution in [2.75, 3.05) is 11.5 Å². The van der Waals surface area contributed by atoms with Gasteiger partial charge in [-0.3, -0.25) is 4.21 Å². The van der Waals surface area contributed by atoms with Gasteiger partial charge in [0.15, 0.2) is 0 Å². The number of thioether (sulfide) groups is 1. The Morgan fingerprint density at radius 3 is 2.44 bits per heavy atom. The predicted molar refractivity (Wildman–Crippen MR) is 112 cm³/mol. The van der Waals surface area contributed by atoms with Gasteiger partial charge in [0.1, 0.15) is 11.1 Å². The Hall–Kier alpha value is -1.68. The Labute approximate surface area is 168 Å². The molecular formula is C21H26N2O2S2. The Morgan fingerprint density at radius 2 is 1.89 bits per heavy atom. The van der Waals surface area contributed by atoms with E-state index in [1.807, 2.05) is 44.2 Å². The molecule has 4 nitrogen and oxygen atoms in total. The highest BCUT2D eigenvalue weighted by molar-refractivity contribution is 7.99. The highest BCUT2D eigenvalue weighted by Gasteiger charge is 2.17. The van der Waals surface area contributed by atoms with Gasteiger partial charge in [-0.1, -0.05) is 32.9 Å². The molecule has 2 aromatic rings. The molecule has 27 heavy (non-hydrogen) atoms. The van der Waals surface area contributed by atoms with Gasteiger partial charge in [0.2, 0.25) is 0 Å². The maximum atomic E-state index is 12.5. The summed E-state index contributed by atoms with van der Waals surface area (Å²) in [6.45, 7) is 10.2. The first-order valence-electron chi connectivity index (χ1n) is 8.80. The van der Waals surface area contributed by atoms with Gasteiger partial charge in [-0.25, -0.2) is 4.98 Å². The number of nitrogens with zero attached hydrogens (tertiary/aromatic N) is 2. The number of hydrogen-bond donors (Lipinski definition) is 1. The number of nitriles is 1. The zero-order chi connectivity index (χ0) is 20.2. The zero-order valence-electron chi connectivity index (χ0n) is 16.4. The van der Waals surface area contributed by atoms with E-state index in [0.717, 1.165) is 11.3 Å². The number of pyridine rings is 1. The van der Waals surface area contributed by atoms with Crippen LogP contribution in [0.3, 0.4) is 0 Å². The largest absolute Gasteiger partial charge is 0.391 e. The van der Waals surface area contributed by atoms with E-state index in [-0.39, 0.29) is 11.2 Å². The van der Waals surface area contributed by atoms with Crippen molar-refractivity contribution in [3.63, 3.8) is 0 Å². The van der Waals surface area contributed by atoms with E-state index in [2.05, 4.69) is 31.8 Å². The van der Waals surface area contributed by atoms with Crippen LogP contribution in [0.5, 0.6) is 0 Å². The smallest absolute Gasteiger partial charge is 0.114 e. The highest BCUT2D eigenvalue weighted by atomic mass is 32.2. The topological polar surface area (TPSA) is 74.0 Å². The molecule has 0 radical (unpaired) electrons. The Bertz CT molecular complexity index is 865. The van der Waals surface area contributed by atoms with Crippen molar-refractivity contribution in [1.82, 2.24) is 4.98 Å². The lowest BCUT2D eigenvalue weighted by atomic mass is 9.87. The molecule has 0 amide bonds. The van der Waals surface area contributed by atoms with E-state index < -0.39 is 16.9 Å². The van der Waals surface area contributed by atoms with Crippen molar-refractivity contribution in [2.45, 2.75) is 56.1 Å². The molecule has 1 aromatic heterocycles. The number of aliphatic hydroxyl groups is 1. The minimum atomic E-state index is -1.27. The van der Waals surface area contributed by atoms with Crippen LogP contribution in [0.4, 0.5) is 0 Å². The fourth-order valence-electron chi connectivity index (χ4n) is 2.64. The first kappa shape index (κ1) is 21.6. The first-order chi connectivity index (χ1) is 12.6. The lowest BCUT2D eigenvalue weighted by molar-refractivity contribution is 0.224. The third kappa shape index (κ3) is 5.90. The quantitative estimate of drug-likeness (QED) is 0.736. The van der Waals surface area contributed by atoms with Crippen LogP contribution in [0.1, 0.15) is 43.2 Å². The van der Waals surface area contributed by atoms with Gasteiger partial charge in [0.05, 0.1) is 28.2 Å². The Balaban J connectivity index is 1.99. The molecule has 0 unspecified atom stereocenters. The van der Waals surface area contributed by atoms with Crippen LogP contribution in [0.25, 0.3) is 0 Å². The summed E-state index contributed by atoms with van der Waals surface area (Å²) in [5.41, 5.74) is 3.49. The molecule has 0 spiro atoms. The number of aromatic nitrogens is 1. The summed E-state index contributed by atoms with van der Waals surface area (Å²) >= 11 is 1.33. The second-order valence-corrected chi connectivity index (χ2v) is 10.1. The second kappa shape index (κ2) is 9.01. The van der Waals surface area contributed by atoms with Gasteiger partial charge in [0.25, 0.3) is 0 Å². The minimum absolute atomic E-state index is 0.0492. The summed E-state index contributed by atoms with van der Waals surface area (Å²) in [6, 6.07) is 11.8. The van der Waals surface area contributed by atoms with Crippen LogP contribution < -0.4 is 0 Å². The van der Waals surface area contributed by atoms with Crippen molar-refractivity contribution < 1.29 is 9.32 Å². The maximum Gasteiger partial charge on any atom is 0.114 e. The molecule has 2 atom stereocenters. The van der Waals surface area contributed by atoms with Gasteiger partial charge in [0, 0.05) is 16.3 Å². The first-order valence-corrected chi connectivity index (χ1v) is 11.1. The SMILES string of the molecule is Cc1cc(C)c(C#N)c(SC[C@@H](O)C[S@](=O)c2ccc(C(C)(C)C)cc2)n1. The average molecular weight is 403 g/mol. The summed E-state index contributed by atoms with van der Waals surface area (Å²) in [6.07, 6.45) is -0.743. The summed E-state index contributed by atoms with van der Waals surface area (Å²) in [7, 11) is -1.27. The van der Waals surface area contributed by atoms with Crippen molar-refractivity contribution >= 4 is 22.6 Å². The molecule has 1 aromatic carbocycles. The third-order valence-corrected chi connectivity index (χ3v) is 6.77. The fourth-order valence-corrected chi connectivity index (χ4v) is 4.92. The second-order valence-electron chi connectivity index (χ2n) is 7.62.